The zero-order valence-corrected chi connectivity index (χ0v) is 6.69. The molecule has 4 heteroatoms. The van der Waals surface area contributed by atoms with Crippen molar-refractivity contribution in [3.8, 4) is 0 Å². The minimum Gasteiger partial charge on any atom is -0.297 e. The lowest BCUT2D eigenvalue weighted by molar-refractivity contribution is -0.121. The van der Waals surface area contributed by atoms with Crippen molar-refractivity contribution in [2.75, 3.05) is 0 Å². The van der Waals surface area contributed by atoms with Crippen LogP contribution in [0, 0.1) is 0 Å². The number of carbonyl (C=O) groups excluding carboxylic acids is 1. The molecule has 60 valence electrons. The number of aromatic nitrogens is 3. The molecule has 0 aliphatic carbocycles. The van der Waals surface area contributed by atoms with Gasteiger partial charge in [-0.05, 0) is 6.92 Å². The summed E-state index contributed by atoms with van der Waals surface area (Å²) in [5, 5.41) is 3.87. The fourth-order valence-corrected chi connectivity index (χ4v) is 0.860. The van der Waals surface area contributed by atoms with Gasteiger partial charge in [-0.3, -0.25) is 4.79 Å². The Hall–Kier alpha value is -1.19. The van der Waals surface area contributed by atoms with Crippen molar-refractivity contribution in [1.29, 1.82) is 0 Å². The van der Waals surface area contributed by atoms with Gasteiger partial charge < -0.3 is 0 Å². The summed E-state index contributed by atoms with van der Waals surface area (Å²) in [6.45, 7) is 3.66. The standard InChI is InChI=1S/C7H11N3O/c1-3-7(11)6(2)10-5-8-4-9-10/h4-6H,3H2,1-2H3. The van der Waals surface area contributed by atoms with E-state index in [1.807, 2.05) is 13.8 Å². The molecule has 0 bridgehead atoms. The Bertz CT molecular complexity index is 230. The molecule has 0 saturated carbocycles. The van der Waals surface area contributed by atoms with Crippen LogP contribution in [-0.4, -0.2) is 20.5 Å². The van der Waals surface area contributed by atoms with E-state index in [1.165, 1.54) is 6.33 Å². The molecule has 0 N–H and O–H groups in total. The van der Waals surface area contributed by atoms with Crippen LogP contribution >= 0.6 is 0 Å². The predicted octanol–water partition coefficient (Wildman–Crippen LogP) is 0.818. The van der Waals surface area contributed by atoms with Crippen molar-refractivity contribution in [2.24, 2.45) is 0 Å². The molecule has 0 aromatic carbocycles. The molecule has 1 unspecified atom stereocenters. The van der Waals surface area contributed by atoms with Crippen LogP contribution in [-0.2, 0) is 4.79 Å². The van der Waals surface area contributed by atoms with Gasteiger partial charge in [-0.25, -0.2) is 9.67 Å². The monoisotopic (exact) mass is 153 g/mol. The normalized spacial score (nSPS) is 12.9. The molecule has 1 atom stereocenters. The summed E-state index contributed by atoms with van der Waals surface area (Å²) in [7, 11) is 0. The van der Waals surface area contributed by atoms with Gasteiger partial charge in [0.25, 0.3) is 0 Å². The summed E-state index contributed by atoms with van der Waals surface area (Å²) >= 11 is 0. The van der Waals surface area contributed by atoms with Crippen molar-refractivity contribution in [3.05, 3.63) is 12.7 Å². The van der Waals surface area contributed by atoms with Gasteiger partial charge in [0.05, 0.1) is 0 Å². The third kappa shape index (κ3) is 1.63. The van der Waals surface area contributed by atoms with Gasteiger partial charge in [-0.15, -0.1) is 0 Å². The highest BCUT2D eigenvalue weighted by molar-refractivity contribution is 5.81. The maximum Gasteiger partial charge on any atom is 0.156 e. The number of nitrogens with zero attached hydrogens (tertiary/aromatic N) is 3. The number of hydrogen-bond acceptors (Lipinski definition) is 3. The predicted molar refractivity (Wildman–Crippen MR) is 40.0 cm³/mol. The van der Waals surface area contributed by atoms with Crippen LogP contribution in [0.15, 0.2) is 12.7 Å². The molecule has 11 heavy (non-hydrogen) atoms. The maximum absolute atomic E-state index is 11.1. The zero-order valence-electron chi connectivity index (χ0n) is 6.69. The maximum atomic E-state index is 11.1. The van der Waals surface area contributed by atoms with Crippen molar-refractivity contribution in [2.45, 2.75) is 26.3 Å². The first kappa shape index (κ1) is 7.91. The molecular formula is C7H11N3O. The second-order valence-corrected chi connectivity index (χ2v) is 2.37. The van der Waals surface area contributed by atoms with Gasteiger partial charge in [0.1, 0.15) is 18.7 Å². The lowest BCUT2D eigenvalue weighted by Crippen LogP contribution is -2.15. The molecule has 0 radical (unpaired) electrons. The molecule has 0 fully saturated rings. The van der Waals surface area contributed by atoms with Crippen LogP contribution in [0.2, 0.25) is 0 Å². The van der Waals surface area contributed by atoms with Gasteiger partial charge in [-0.2, -0.15) is 5.10 Å². The molecule has 0 aliphatic rings. The molecular weight excluding hydrogens is 142 g/mol. The molecule has 0 saturated heterocycles. The van der Waals surface area contributed by atoms with E-state index in [0.717, 1.165) is 0 Å². The van der Waals surface area contributed by atoms with Crippen molar-refractivity contribution >= 4 is 5.78 Å². The number of Topliss-reactive ketones (excluding diaryl/α,β-unsaturated/α-hetero) is 1. The SMILES string of the molecule is CCC(=O)C(C)n1cncn1. The Morgan fingerprint density at radius 3 is 2.91 bits per heavy atom. The van der Waals surface area contributed by atoms with E-state index in [9.17, 15) is 4.79 Å². The van der Waals surface area contributed by atoms with E-state index >= 15 is 0 Å². The Balaban J connectivity index is 2.70. The third-order valence-corrected chi connectivity index (χ3v) is 1.65. The minimum atomic E-state index is -0.178. The molecule has 1 aromatic heterocycles. The second kappa shape index (κ2) is 3.27. The molecule has 1 rings (SSSR count). The highest BCUT2D eigenvalue weighted by atomic mass is 16.1. The minimum absolute atomic E-state index is 0.176. The van der Waals surface area contributed by atoms with Crippen molar-refractivity contribution in [3.63, 3.8) is 0 Å². The number of ketones is 1. The smallest absolute Gasteiger partial charge is 0.156 e. The Labute approximate surface area is 65.2 Å². The lowest BCUT2D eigenvalue weighted by atomic mass is 10.2. The molecule has 4 nitrogen and oxygen atoms in total. The van der Waals surface area contributed by atoms with E-state index in [1.54, 1.807) is 11.0 Å². The molecule has 0 spiro atoms. The van der Waals surface area contributed by atoms with Crippen LogP contribution in [0.3, 0.4) is 0 Å². The van der Waals surface area contributed by atoms with Gasteiger partial charge in [0.2, 0.25) is 0 Å². The van der Waals surface area contributed by atoms with Gasteiger partial charge >= 0.3 is 0 Å². The highest BCUT2D eigenvalue weighted by Crippen LogP contribution is 2.05. The fraction of sp³-hybridized carbons (Fsp3) is 0.571. The van der Waals surface area contributed by atoms with E-state index < -0.39 is 0 Å². The lowest BCUT2D eigenvalue weighted by Gasteiger charge is -2.07. The average molecular weight is 153 g/mol. The van der Waals surface area contributed by atoms with Crippen LogP contribution in [0.25, 0.3) is 0 Å². The highest BCUT2D eigenvalue weighted by Gasteiger charge is 2.11. The average Bonchev–Trinajstić information content (AvgIpc) is 2.53. The van der Waals surface area contributed by atoms with E-state index in [-0.39, 0.29) is 11.8 Å². The quantitative estimate of drug-likeness (QED) is 0.645. The number of rotatable bonds is 3. The number of carbonyl (C=O) groups is 1. The Morgan fingerprint density at radius 2 is 2.45 bits per heavy atom. The number of hydrogen-bond donors (Lipinski definition) is 0. The van der Waals surface area contributed by atoms with E-state index in [2.05, 4.69) is 10.1 Å². The van der Waals surface area contributed by atoms with E-state index in [4.69, 9.17) is 0 Å². The second-order valence-electron chi connectivity index (χ2n) is 2.37. The summed E-state index contributed by atoms with van der Waals surface area (Å²) in [6, 6.07) is -0.178. The first-order valence-corrected chi connectivity index (χ1v) is 3.62. The van der Waals surface area contributed by atoms with E-state index in [0.29, 0.717) is 6.42 Å². The van der Waals surface area contributed by atoms with Gasteiger partial charge in [-0.1, -0.05) is 6.92 Å². The molecule has 0 amide bonds. The summed E-state index contributed by atoms with van der Waals surface area (Å²) < 4.78 is 1.56. The summed E-state index contributed by atoms with van der Waals surface area (Å²) in [6.07, 6.45) is 3.53. The van der Waals surface area contributed by atoms with Crippen LogP contribution in [0.4, 0.5) is 0 Å². The molecule has 1 heterocycles. The van der Waals surface area contributed by atoms with Crippen LogP contribution in [0.5, 0.6) is 0 Å². The first-order valence-electron chi connectivity index (χ1n) is 3.62. The van der Waals surface area contributed by atoms with Crippen molar-refractivity contribution in [1.82, 2.24) is 14.8 Å². The largest absolute Gasteiger partial charge is 0.297 e. The third-order valence-electron chi connectivity index (χ3n) is 1.65. The summed E-state index contributed by atoms with van der Waals surface area (Å²) in [4.78, 5) is 14.9. The summed E-state index contributed by atoms with van der Waals surface area (Å²) in [5.74, 6) is 0.176. The van der Waals surface area contributed by atoms with Crippen LogP contribution < -0.4 is 0 Å². The fourth-order valence-electron chi connectivity index (χ4n) is 0.860. The Kier molecular flexibility index (Phi) is 2.36. The Morgan fingerprint density at radius 1 is 1.73 bits per heavy atom. The topological polar surface area (TPSA) is 47.8 Å². The first-order chi connectivity index (χ1) is 5.25. The molecule has 0 aliphatic heterocycles. The van der Waals surface area contributed by atoms with Crippen LogP contribution in [0.1, 0.15) is 26.3 Å². The summed E-state index contributed by atoms with van der Waals surface area (Å²) in [5.41, 5.74) is 0. The molecule has 1 aromatic rings. The van der Waals surface area contributed by atoms with Crippen molar-refractivity contribution < 1.29 is 4.79 Å². The zero-order chi connectivity index (χ0) is 8.27. The van der Waals surface area contributed by atoms with Gasteiger partial charge in [0, 0.05) is 6.42 Å². The van der Waals surface area contributed by atoms with Gasteiger partial charge in [0.15, 0.2) is 5.78 Å².